The molecule has 0 saturated carbocycles. The van der Waals surface area contributed by atoms with Gasteiger partial charge in [-0.15, -0.1) is 0 Å². The first kappa shape index (κ1) is 13.9. The standard InChI is InChI=1S/C12H12FN3O4/c1-2-3-12-14-11(15-20-12)7-19-10-6-8(13)4-5-9(10)16(17)18/h4-6H,2-3,7H2,1H3. The van der Waals surface area contributed by atoms with E-state index in [1.54, 1.807) is 0 Å². The molecule has 1 aromatic carbocycles. The Morgan fingerprint density at radius 3 is 3.00 bits per heavy atom. The normalized spacial score (nSPS) is 10.5. The number of aromatic nitrogens is 2. The fraction of sp³-hybridized carbons (Fsp3) is 0.333. The van der Waals surface area contributed by atoms with Gasteiger partial charge in [0, 0.05) is 18.6 Å². The van der Waals surface area contributed by atoms with Crippen molar-refractivity contribution in [1.29, 1.82) is 0 Å². The summed E-state index contributed by atoms with van der Waals surface area (Å²) in [5.74, 6) is -0.0610. The van der Waals surface area contributed by atoms with E-state index in [2.05, 4.69) is 10.1 Å². The highest BCUT2D eigenvalue weighted by molar-refractivity contribution is 5.46. The van der Waals surface area contributed by atoms with Crippen molar-refractivity contribution in [1.82, 2.24) is 10.1 Å². The Labute approximate surface area is 113 Å². The van der Waals surface area contributed by atoms with E-state index in [-0.39, 0.29) is 23.9 Å². The topological polar surface area (TPSA) is 91.3 Å². The maximum Gasteiger partial charge on any atom is 0.311 e. The van der Waals surface area contributed by atoms with Crippen LogP contribution in [0.3, 0.4) is 0 Å². The summed E-state index contributed by atoms with van der Waals surface area (Å²) in [6.45, 7) is 1.84. The zero-order valence-corrected chi connectivity index (χ0v) is 10.7. The largest absolute Gasteiger partial charge is 0.478 e. The Kier molecular flexibility index (Phi) is 4.24. The number of hydrogen-bond acceptors (Lipinski definition) is 6. The van der Waals surface area contributed by atoms with E-state index >= 15 is 0 Å². The number of hydrogen-bond donors (Lipinski definition) is 0. The van der Waals surface area contributed by atoms with Crippen molar-refractivity contribution >= 4 is 5.69 Å². The molecular weight excluding hydrogens is 269 g/mol. The maximum atomic E-state index is 13.1. The molecular formula is C12H12FN3O4. The predicted molar refractivity (Wildman–Crippen MR) is 65.7 cm³/mol. The summed E-state index contributed by atoms with van der Waals surface area (Å²) in [6.07, 6.45) is 1.50. The summed E-state index contributed by atoms with van der Waals surface area (Å²) in [6, 6.07) is 2.99. The van der Waals surface area contributed by atoms with E-state index in [4.69, 9.17) is 9.26 Å². The average molecular weight is 281 g/mol. The number of nitrogens with zero attached hydrogens (tertiary/aromatic N) is 3. The monoisotopic (exact) mass is 281 g/mol. The SMILES string of the molecule is CCCc1nc(COc2cc(F)ccc2[N+](=O)[O-])no1. The lowest BCUT2D eigenvalue weighted by Gasteiger charge is -2.04. The number of nitro benzene ring substituents is 1. The lowest BCUT2D eigenvalue weighted by molar-refractivity contribution is -0.386. The van der Waals surface area contributed by atoms with E-state index < -0.39 is 10.7 Å². The number of nitro groups is 1. The Morgan fingerprint density at radius 2 is 2.30 bits per heavy atom. The first-order valence-corrected chi connectivity index (χ1v) is 5.98. The van der Waals surface area contributed by atoms with Crippen LogP contribution in [0.1, 0.15) is 25.1 Å². The van der Waals surface area contributed by atoms with Crippen LogP contribution in [0.5, 0.6) is 5.75 Å². The maximum absolute atomic E-state index is 13.1. The zero-order valence-electron chi connectivity index (χ0n) is 10.7. The quantitative estimate of drug-likeness (QED) is 0.597. The van der Waals surface area contributed by atoms with Crippen LogP contribution in [-0.4, -0.2) is 15.1 Å². The molecule has 0 N–H and O–H groups in total. The molecule has 0 bridgehead atoms. The summed E-state index contributed by atoms with van der Waals surface area (Å²) >= 11 is 0. The molecule has 8 heteroatoms. The van der Waals surface area contributed by atoms with Crippen LogP contribution in [0.15, 0.2) is 22.7 Å². The van der Waals surface area contributed by atoms with E-state index in [9.17, 15) is 14.5 Å². The highest BCUT2D eigenvalue weighted by atomic mass is 19.1. The van der Waals surface area contributed by atoms with Gasteiger partial charge >= 0.3 is 5.69 Å². The Balaban J connectivity index is 2.09. The summed E-state index contributed by atoms with van der Waals surface area (Å²) < 4.78 is 23.2. The molecule has 0 aliphatic rings. The molecule has 1 heterocycles. The summed E-state index contributed by atoms with van der Waals surface area (Å²) in [7, 11) is 0. The first-order chi connectivity index (χ1) is 9.60. The molecule has 0 spiro atoms. The van der Waals surface area contributed by atoms with Crippen LogP contribution in [-0.2, 0) is 13.0 Å². The molecule has 0 fully saturated rings. The first-order valence-electron chi connectivity index (χ1n) is 5.98. The van der Waals surface area contributed by atoms with Crippen LogP contribution < -0.4 is 4.74 Å². The van der Waals surface area contributed by atoms with Gasteiger partial charge in [0.2, 0.25) is 11.7 Å². The molecule has 0 atom stereocenters. The van der Waals surface area contributed by atoms with Gasteiger partial charge in [-0.2, -0.15) is 4.98 Å². The number of aryl methyl sites for hydroxylation is 1. The molecule has 0 amide bonds. The number of ether oxygens (including phenoxy) is 1. The van der Waals surface area contributed by atoms with Crippen LogP contribution in [0.2, 0.25) is 0 Å². The third-order valence-electron chi connectivity index (χ3n) is 2.45. The van der Waals surface area contributed by atoms with Crippen molar-refractivity contribution in [2.45, 2.75) is 26.4 Å². The van der Waals surface area contributed by atoms with Gasteiger partial charge in [-0.05, 0) is 12.5 Å². The Hall–Kier alpha value is -2.51. The lowest BCUT2D eigenvalue weighted by atomic mass is 10.3. The minimum absolute atomic E-state index is 0.127. The smallest absolute Gasteiger partial charge is 0.311 e. The molecule has 1 aromatic heterocycles. The fourth-order valence-corrected chi connectivity index (χ4v) is 1.56. The highest BCUT2D eigenvalue weighted by Crippen LogP contribution is 2.27. The third kappa shape index (κ3) is 3.28. The Bertz CT molecular complexity index is 614. The van der Waals surface area contributed by atoms with Crippen LogP contribution >= 0.6 is 0 Å². The second kappa shape index (κ2) is 6.09. The zero-order chi connectivity index (χ0) is 14.5. The summed E-state index contributed by atoms with van der Waals surface area (Å²) in [5, 5.41) is 14.5. The van der Waals surface area contributed by atoms with Crippen molar-refractivity contribution in [2.75, 3.05) is 0 Å². The van der Waals surface area contributed by atoms with E-state index in [1.807, 2.05) is 6.92 Å². The van der Waals surface area contributed by atoms with Crippen LogP contribution in [0.25, 0.3) is 0 Å². The molecule has 7 nitrogen and oxygen atoms in total. The summed E-state index contributed by atoms with van der Waals surface area (Å²) in [4.78, 5) is 14.2. The molecule has 0 aliphatic heterocycles. The van der Waals surface area contributed by atoms with E-state index in [0.29, 0.717) is 12.3 Å². The van der Waals surface area contributed by atoms with Gasteiger partial charge in [-0.1, -0.05) is 12.1 Å². The fourth-order valence-electron chi connectivity index (χ4n) is 1.56. The second-order valence-corrected chi connectivity index (χ2v) is 4.01. The number of halogens is 1. The van der Waals surface area contributed by atoms with Gasteiger partial charge in [0.05, 0.1) is 4.92 Å². The minimum Gasteiger partial charge on any atom is -0.478 e. The predicted octanol–water partition coefficient (Wildman–Crippen LogP) is 2.65. The van der Waals surface area contributed by atoms with Crippen molar-refractivity contribution in [3.05, 3.63) is 45.8 Å². The molecule has 0 aliphatic carbocycles. The van der Waals surface area contributed by atoms with Gasteiger partial charge in [-0.3, -0.25) is 10.1 Å². The van der Waals surface area contributed by atoms with Crippen molar-refractivity contribution in [3.8, 4) is 5.75 Å². The molecule has 2 rings (SSSR count). The lowest BCUT2D eigenvalue weighted by Crippen LogP contribution is -2.01. The summed E-state index contributed by atoms with van der Waals surface area (Å²) in [5.41, 5.74) is -0.316. The minimum atomic E-state index is -0.645. The van der Waals surface area contributed by atoms with Crippen LogP contribution in [0, 0.1) is 15.9 Å². The van der Waals surface area contributed by atoms with Gasteiger partial charge in [-0.25, -0.2) is 4.39 Å². The third-order valence-corrected chi connectivity index (χ3v) is 2.45. The second-order valence-electron chi connectivity index (χ2n) is 4.01. The van der Waals surface area contributed by atoms with E-state index in [1.165, 1.54) is 0 Å². The Morgan fingerprint density at radius 1 is 1.50 bits per heavy atom. The molecule has 0 unspecified atom stereocenters. The molecule has 0 radical (unpaired) electrons. The van der Waals surface area contributed by atoms with Gasteiger partial charge < -0.3 is 9.26 Å². The number of benzene rings is 1. The van der Waals surface area contributed by atoms with Gasteiger partial charge in [0.1, 0.15) is 5.82 Å². The molecule has 2 aromatic rings. The highest BCUT2D eigenvalue weighted by Gasteiger charge is 2.17. The average Bonchev–Trinajstić information content (AvgIpc) is 2.84. The van der Waals surface area contributed by atoms with Gasteiger partial charge in [0.25, 0.3) is 0 Å². The van der Waals surface area contributed by atoms with Crippen molar-refractivity contribution in [3.63, 3.8) is 0 Å². The molecule has 20 heavy (non-hydrogen) atoms. The van der Waals surface area contributed by atoms with Crippen molar-refractivity contribution in [2.24, 2.45) is 0 Å². The molecule has 106 valence electrons. The van der Waals surface area contributed by atoms with Crippen molar-refractivity contribution < 1.29 is 18.6 Å². The molecule has 0 saturated heterocycles. The number of rotatable bonds is 6. The van der Waals surface area contributed by atoms with Crippen LogP contribution in [0.4, 0.5) is 10.1 Å². The van der Waals surface area contributed by atoms with Gasteiger partial charge in [0.15, 0.2) is 12.4 Å². The van der Waals surface area contributed by atoms with E-state index in [0.717, 1.165) is 24.6 Å².